The third kappa shape index (κ3) is 5.13. The molecule has 23 heavy (non-hydrogen) atoms. The second kappa shape index (κ2) is 7.68. The number of carbonyl (C=O) groups excluding carboxylic acids is 1. The third-order valence-corrected chi connectivity index (χ3v) is 3.94. The van der Waals surface area contributed by atoms with Gasteiger partial charge in [0.2, 0.25) is 5.91 Å². The fraction of sp³-hybridized carbons (Fsp3) is 0.562. The second-order valence-electron chi connectivity index (χ2n) is 5.58. The lowest BCUT2D eigenvalue weighted by atomic mass is 10.1. The minimum absolute atomic E-state index is 0.0350. The zero-order valence-corrected chi connectivity index (χ0v) is 13.2. The van der Waals surface area contributed by atoms with E-state index in [2.05, 4.69) is 10.2 Å². The Hall–Kier alpha value is -1.76. The van der Waals surface area contributed by atoms with E-state index in [4.69, 9.17) is 0 Å². The van der Waals surface area contributed by atoms with Gasteiger partial charge in [-0.15, -0.1) is 0 Å². The van der Waals surface area contributed by atoms with Crippen molar-refractivity contribution >= 4 is 11.6 Å². The number of hydrogen-bond acceptors (Lipinski definition) is 3. The SMILES string of the molecule is CCNC(=O)CCN1CCN(c2cccc(C(F)(F)F)c2)CC1. The molecule has 1 N–H and O–H groups in total. The Labute approximate surface area is 134 Å². The van der Waals surface area contributed by atoms with Crippen molar-refractivity contribution in [1.82, 2.24) is 10.2 Å². The number of amides is 1. The molecule has 0 bridgehead atoms. The molecule has 1 amide bonds. The highest BCUT2D eigenvalue weighted by Crippen LogP contribution is 2.31. The van der Waals surface area contributed by atoms with Crippen LogP contribution in [0.4, 0.5) is 18.9 Å². The number of anilines is 1. The summed E-state index contributed by atoms with van der Waals surface area (Å²) in [6.45, 7) is 6.01. The minimum atomic E-state index is -4.32. The highest BCUT2D eigenvalue weighted by Gasteiger charge is 2.31. The van der Waals surface area contributed by atoms with E-state index in [9.17, 15) is 18.0 Å². The summed E-state index contributed by atoms with van der Waals surface area (Å²) in [5, 5.41) is 2.76. The number of rotatable bonds is 5. The van der Waals surface area contributed by atoms with E-state index in [1.165, 1.54) is 12.1 Å². The van der Waals surface area contributed by atoms with E-state index in [0.717, 1.165) is 19.2 Å². The molecular formula is C16H22F3N3O. The number of piperazine rings is 1. The van der Waals surface area contributed by atoms with E-state index >= 15 is 0 Å². The predicted molar refractivity (Wildman–Crippen MR) is 83.4 cm³/mol. The van der Waals surface area contributed by atoms with Crippen LogP contribution in [-0.4, -0.2) is 50.1 Å². The summed E-state index contributed by atoms with van der Waals surface area (Å²) in [5.74, 6) is 0.0350. The number of carbonyl (C=O) groups is 1. The summed E-state index contributed by atoms with van der Waals surface area (Å²) in [4.78, 5) is 15.6. The molecule has 1 aromatic rings. The zero-order chi connectivity index (χ0) is 16.9. The van der Waals surface area contributed by atoms with E-state index in [1.54, 1.807) is 6.07 Å². The van der Waals surface area contributed by atoms with Crippen LogP contribution in [0, 0.1) is 0 Å². The van der Waals surface area contributed by atoms with Gasteiger partial charge in [-0.25, -0.2) is 0 Å². The fourth-order valence-corrected chi connectivity index (χ4v) is 2.65. The van der Waals surface area contributed by atoms with Gasteiger partial charge in [0.1, 0.15) is 0 Å². The lowest BCUT2D eigenvalue weighted by Gasteiger charge is -2.36. The van der Waals surface area contributed by atoms with Gasteiger partial charge in [0.15, 0.2) is 0 Å². The topological polar surface area (TPSA) is 35.6 Å². The van der Waals surface area contributed by atoms with E-state index in [-0.39, 0.29) is 5.91 Å². The van der Waals surface area contributed by atoms with Gasteiger partial charge in [-0.05, 0) is 25.1 Å². The highest BCUT2D eigenvalue weighted by atomic mass is 19.4. The Morgan fingerprint density at radius 3 is 2.52 bits per heavy atom. The fourth-order valence-electron chi connectivity index (χ4n) is 2.65. The van der Waals surface area contributed by atoms with Crippen LogP contribution in [0.3, 0.4) is 0 Å². The van der Waals surface area contributed by atoms with Crippen molar-refractivity contribution < 1.29 is 18.0 Å². The Balaban J connectivity index is 1.86. The maximum Gasteiger partial charge on any atom is 0.416 e. The second-order valence-corrected chi connectivity index (χ2v) is 5.58. The van der Waals surface area contributed by atoms with Gasteiger partial charge in [0, 0.05) is 51.4 Å². The van der Waals surface area contributed by atoms with Gasteiger partial charge in [-0.2, -0.15) is 13.2 Å². The Bertz CT molecular complexity index is 526. The van der Waals surface area contributed by atoms with Crippen molar-refractivity contribution in [2.24, 2.45) is 0 Å². The molecule has 0 spiro atoms. The van der Waals surface area contributed by atoms with Crippen LogP contribution >= 0.6 is 0 Å². The molecule has 4 nitrogen and oxygen atoms in total. The predicted octanol–water partition coefficient (Wildman–Crippen LogP) is 2.35. The van der Waals surface area contributed by atoms with Crippen molar-refractivity contribution in [3.05, 3.63) is 29.8 Å². The molecule has 2 rings (SSSR count). The van der Waals surface area contributed by atoms with Crippen molar-refractivity contribution in [3.63, 3.8) is 0 Å². The van der Waals surface area contributed by atoms with Gasteiger partial charge in [0.05, 0.1) is 5.56 Å². The summed E-state index contributed by atoms with van der Waals surface area (Å²) in [6.07, 6.45) is -3.86. The van der Waals surface area contributed by atoms with Crippen LogP contribution in [0.1, 0.15) is 18.9 Å². The molecular weight excluding hydrogens is 307 g/mol. The summed E-state index contributed by atoms with van der Waals surface area (Å²) >= 11 is 0. The normalized spacial score (nSPS) is 16.4. The quantitative estimate of drug-likeness (QED) is 0.901. The molecule has 1 heterocycles. The summed E-state index contributed by atoms with van der Waals surface area (Å²) in [7, 11) is 0. The number of nitrogens with one attached hydrogen (secondary N) is 1. The van der Waals surface area contributed by atoms with E-state index < -0.39 is 11.7 Å². The monoisotopic (exact) mass is 329 g/mol. The molecule has 1 aromatic carbocycles. The minimum Gasteiger partial charge on any atom is -0.369 e. The van der Waals surface area contributed by atoms with Crippen LogP contribution in [0.5, 0.6) is 0 Å². The lowest BCUT2D eigenvalue weighted by Crippen LogP contribution is -2.47. The van der Waals surface area contributed by atoms with Crippen LogP contribution in [0.15, 0.2) is 24.3 Å². The van der Waals surface area contributed by atoms with Crippen molar-refractivity contribution in [3.8, 4) is 0 Å². The van der Waals surface area contributed by atoms with Crippen LogP contribution in [0.2, 0.25) is 0 Å². The maximum atomic E-state index is 12.8. The third-order valence-electron chi connectivity index (χ3n) is 3.94. The van der Waals surface area contributed by atoms with Gasteiger partial charge in [0.25, 0.3) is 0 Å². The van der Waals surface area contributed by atoms with Gasteiger partial charge in [-0.1, -0.05) is 6.07 Å². The standard InChI is InChI=1S/C16H22F3N3O/c1-2-20-15(23)6-7-21-8-10-22(11-9-21)14-5-3-4-13(12-14)16(17,18)19/h3-5,12H,2,6-11H2,1H3,(H,20,23). The van der Waals surface area contributed by atoms with E-state index in [1.807, 2.05) is 11.8 Å². The molecule has 0 unspecified atom stereocenters. The number of benzene rings is 1. The Kier molecular flexibility index (Phi) is 5.87. The molecule has 128 valence electrons. The first-order valence-electron chi connectivity index (χ1n) is 7.81. The molecule has 1 aliphatic rings. The van der Waals surface area contributed by atoms with Crippen molar-refractivity contribution in [1.29, 1.82) is 0 Å². The molecule has 1 fully saturated rings. The molecule has 1 saturated heterocycles. The largest absolute Gasteiger partial charge is 0.416 e. The smallest absolute Gasteiger partial charge is 0.369 e. The van der Waals surface area contributed by atoms with Crippen LogP contribution in [-0.2, 0) is 11.0 Å². The molecule has 0 aliphatic carbocycles. The lowest BCUT2D eigenvalue weighted by molar-refractivity contribution is -0.137. The summed E-state index contributed by atoms with van der Waals surface area (Å²) in [6, 6.07) is 5.44. The molecule has 0 atom stereocenters. The van der Waals surface area contributed by atoms with Crippen LogP contribution < -0.4 is 10.2 Å². The Morgan fingerprint density at radius 1 is 1.22 bits per heavy atom. The number of halogens is 3. The average Bonchev–Trinajstić information content (AvgIpc) is 2.53. The molecule has 0 radical (unpaired) electrons. The first-order chi connectivity index (χ1) is 10.9. The average molecular weight is 329 g/mol. The zero-order valence-electron chi connectivity index (χ0n) is 13.2. The van der Waals surface area contributed by atoms with Crippen molar-refractivity contribution in [2.45, 2.75) is 19.5 Å². The molecule has 7 heteroatoms. The summed E-state index contributed by atoms with van der Waals surface area (Å²) in [5.41, 5.74) is -0.0168. The van der Waals surface area contributed by atoms with Gasteiger partial charge >= 0.3 is 6.18 Å². The number of hydrogen-bond donors (Lipinski definition) is 1. The summed E-state index contributed by atoms with van der Waals surface area (Å²) < 4.78 is 38.3. The molecule has 0 saturated carbocycles. The van der Waals surface area contributed by atoms with Gasteiger partial charge in [-0.3, -0.25) is 9.69 Å². The number of alkyl halides is 3. The highest BCUT2D eigenvalue weighted by molar-refractivity contribution is 5.75. The maximum absolute atomic E-state index is 12.8. The van der Waals surface area contributed by atoms with Crippen LogP contribution in [0.25, 0.3) is 0 Å². The number of nitrogens with zero attached hydrogens (tertiary/aromatic N) is 2. The van der Waals surface area contributed by atoms with Gasteiger partial charge < -0.3 is 10.2 Å². The first-order valence-corrected chi connectivity index (χ1v) is 7.81. The molecule has 0 aromatic heterocycles. The Morgan fingerprint density at radius 2 is 1.91 bits per heavy atom. The first kappa shape index (κ1) is 17.6. The van der Waals surface area contributed by atoms with Crippen molar-refractivity contribution in [2.75, 3.05) is 44.2 Å². The molecule has 1 aliphatic heterocycles. The van der Waals surface area contributed by atoms with E-state index in [0.29, 0.717) is 38.3 Å².